The number of hydrogen-bond donors (Lipinski definition) is 2. The topological polar surface area (TPSA) is 59.6 Å². The number of aryl methyl sites for hydroxylation is 1. The monoisotopic (exact) mass is 238 g/mol. The second-order valence-electron chi connectivity index (χ2n) is 3.60. The first-order valence-electron chi connectivity index (χ1n) is 5.29. The summed E-state index contributed by atoms with van der Waals surface area (Å²) >= 11 is 0. The summed E-state index contributed by atoms with van der Waals surface area (Å²) in [7, 11) is 4.82. The van der Waals surface area contributed by atoms with E-state index < -0.39 is 0 Å². The van der Waals surface area contributed by atoms with E-state index in [9.17, 15) is 4.79 Å². The van der Waals surface area contributed by atoms with Crippen LogP contribution in [0.5, 0.6) is 11.5 Å². The fourth-order valence-electron chi connectivity index (χ4n) is 1.62. The molecule has 0 radical (unpaired) electrons. The molecule has 0 saturated carbocycles. The van der Waals surface area contributed by atoms with Gasteiger partial charge in [-0.1, -0.05) is 0 Å². The highest BCUT2D eigenvalue weighted by atomic mass is 16.5. The van der Waals surface area contributed by atoms with Crippen molar-refractivity contribution in [1.29, 1.82) is 0 Å². The molecule has 0 unspecified atom stereocenters. The molecule has 0 heterocycles. The van der Waals surface area contributed by atoms with Crippen LogP contribution in [0.1, 0.15) is 11.1 Å². The molecule has 0 saturated heterocycles. The Morgan fingerprint density at radius 3 is 2.53 bits per heavy atom. The Balaban J connectivity index is 3.01. The van der Waals surface area contributed by atoms with Crippen LogP contribution in [0, 0.1) is 6.92 Å². The van der Waals surface area contributed by atoms with E-state index >= 15 is 0 Å². The van der Waals surface area contributed by atoms with Crippen LogP contribution in [0.25, 0.3) is 0 Å². The van der Waals surface area contributed by atoms with Crippen LogP contribution < -0.4 is 20.3 Å². The first kappa shape index (κ1) is 13.3. The van der Waals surface area contributed by atoms with Gasteiger partial charge in [-0.15, -0.1) is 0 Å². The summed E-state index contributed by atoms with van der Waals surface area (Å²) in [5.41, 5.74) is 6.95. The summed E-state index contributed by atoms with van der Waals surface area (Å²) in [5, 5.41) is 0. The normalized spacial score (nSPS) is 9.88. The molecule has 0 fully saturated rings. The van der Waals surface area contributed by atoms with Crippen LogP contribution in [0.3, 0.4) is 0 Å². The summed E-state index contributed by atoms with van der Waals surface area (Å²) in [6.45, 7) is 1.92. The molecule has 1 aromatic carbocycles. The lowest BCUT2D eigenvalue weighted by Gasteiger charge is -2.13. The number of amides is 1. The molecule has 0 atom stereocenters. The van der Waals surface area contributed by atoms with Crippen molar-refractivity contribution >= 4 is 5.91 Å². The number of ether oxygens (including phenoxy) is 2. The molecule has 5 nitrogen and oxygen atoms in total. The number of hydrazine groups is 1. The molecule has 1 aromatic rings. The summed E-state index contributed by atoms with van der Waals surface area (Å²) in [5.74, 6) is 1.27. The van der Waals surface area contributed by atoms with E-state index in [1.807, 2.05) is 13.0 Å². The Hall–Kier alpha value is -1.75. The van der Waals surface area contributed by atoms with Crippen LogP contribution in [0.2, 0.25) is 0 Å². The van der Waals surface area contributed by atoms with Crippen molar-refractivity contribution in [3.8, 4) is 11.5 Å². The molecule has 0 aromatic heterocycles. The number of benzene rings is 1. The number of hydrogen-bond acceptors (Lipinski definition) is 4. The quantitative estimate of drug-likeness (QED) is 0.745. The second-order valence-corrected chi connectivity index (χ2v) is 3.60. The fourth-order valence-corrected chi connectivity index (χ4v) is 1.62. The molecule has 17 heavy (non-hydrogen) atoms. The Morgan fingerprint density at radius 2 is 2.00 bits per heavy atom. The summed E-state index contributed by atoms with van der Waals surface area (Å²) in [6.07, 6.45) is 0.264. The first-order chi connectivity index (χ1) is 8.12. The van der Waals surface area contributed by atoms with E-state index in [4.69, 9.17) is 9.47 Å². The average molecular weight is 238 g/mol. The van der Waals surface area contributed by atoms with Crippen molar-refractivity contribution in [1.82, 2.24) is 10.9 Å². The Labute approximate surface area is 101 Å². The number of rotatable bonds is 5. The van der Waals surface area contributed by atoms with E-state index in [1.54, 1.807) is 27.3 Å². The Kier molecular flexibility index (Phi) is 4.78. The SMILES string of the molecule is CNNC(=O)Cc1c(C)cc(OC)cc1OC. The van der Waals surface area contributed by atoms with E-state index in [2.05, 4.69) is 10.9 Å². The standard InChI is InChI=1S/C12H18N2O3/c1-8-5-9(16-3)6-11(17-4)10(8)7-12(15)14-13-2/h5-6,13H,7H2,1-4H3,(H,14,15). The molecule has 0 aliphatic rings. The van der Waals surface area contributed by atoms with Gasteiger partial charge in [-0.2, -0.15) is 0 Å². The minimum Gasteiger partial charge on any atom is -0.497 e. The predicted octanol–water partition coefficient (Wildman–Crippen LogP) is 0.805. The molecule has 0 aliphatic heterocycles. The summed E-state index contributed by atoms with van der Waals surface area (Å²) in [4.78, 5) is 11.5. The molecular formula is C12H18N2O3. The van der Waals surface area contributed by atoms with E-state index in [0.717, 1.165) is 16.9 Å². The van der Waals surface area contributed by atoms with Crippen LogP contribution >= 0.6 is 0 Å². The Morgan fingerprint density at radius 1 is 1.29 bits per heavy atom. The van der Waals surface area contributed by atoms with Crippen LogP contribution in [0.4, 0.5) is 0 Å². The Bertz CT molecular complexity index is 405. The fraction of sp³-hybridized carbons (Fsp3) is 0.417. The van der Waals surface area contributed by atoms with Gasteiger partial charge in [0.2, 0.25) is 5.91 Å². The van der Waals surface area contributed by atoms with Crippen molar-refractivity contribution in [3.63, 3.8) is 0 Å². The maximum atomic E-state index is 11.5. The van der Waals surface area contributed by atoms with E-state index in [-0.39, 0.29) is 12.3 Å². The molecule has 5 heteroatoms. The zero-order valence-corrected chi connectivity index (χ0v) is 10.6. The van der Waals surface area contributed by atoms with Gasteiger partial charge < -0.3 is 9.47 Å². The van der Waals surface area contributed by atoms with Gasteiger partial charge in [0.15, 0.2) is 0 Å². The van der Waals surface area contributed by atoms with Gasteiger partial charge in [0.25, 0.3) is 0 Å². The van der Waals surface area contributed by atoms with E-state index in [1.165, 1.54) is 0 Å². The first-order valence-corrected chi connectivity index (χ1v) is 5.29. The van der Waals surface area contributed by atoms with Gasteiger partial charge in [0.1, 0.15) is 11.5 Å². The largest absolute Gasteiger partial charge is 0.497 e. The van der Waals surface area contributed by atoms with Gasteiger partial charge in [-0.05, 0) is 18.6 Å². The molecule has 1 amide bonds. The van der Waals surface area contributed by atoms with E-state index in [0.29, 0.717) is 5.75 Å². The zero-order chi connectivity index (χ0) is 12.8. The number of carbonyl (C=O) groups is 1. The molecule has 2 N–H and O–H groups in total. The lowest BCUT2D eigenvalue weighted by atomic mass is 10.0. The van der Waals surface area contributed by atoms with Gasteiger partial charge in [0.05, 0.1) is 20.6 Å². The van der Waals surface area contributed by atoms with Crippen molar-refractivity contribution < 1.29 is 14.3 Å². The van der Waals surface area contributed by atoms with Crippen molar-refractivity contribution in [2.75, 3.05) is 21.3 Å². The third-order valence-electron chi connectivity index (χ3n) is 2.46. The lowest BCUT2D eigenvalue weighted by Crippen LogP contribution is -2.35. The van der Waals surface area contributed by atoms with Crippen LogP contribution in [-0.2, 0) is 11.2 Å². The highest BCUT2D eigenvalue weighted by molar-refractivity contribution is 5.79. The predicted molar refractivity (Wildman–Crippen MR) is 65.2 cm³/mol. The summed E-state index contributed by atoms with van der Waals surface area (Å²) < 4.78 is 10.4. The minimum atomic E-state index is -0.112. The zero-order valence-electron chi connectivity index (χ0n) is 10.6. The third-order valence-corrected chi connectivity index (χ3v) is 2.46. The van der Waals surface area contributed by atoms with Crippen LogP contribution in [0.15, 0.2) is 12.1 Å². The number of nitrogens with one attached hydrogen (secondary N) is 2. The second kappa shape index (κ2) is 6.10. The lowest BCUT2D eigenvalue weighted by molar-refractivity contribution is -0.121. The molecule has 1 rings (SSSR count). The molecule has 0 bridgehead atoms. The number of carbonyl (C=O) groups excluding carboxylic acids is 1. The summed E-state index contributed by atoms with van der Waals surface area (Å²) in [6, 6.07) is 3.65. The minimum absolute atomic E-state index is 0.112. The molecule has 0 spiro atoms. The highest BCUT2D eigenvalue weighted by Crippen LogP contribution is 2.28. The molecule has 94 valence electrons. The van der Waals surface area contributed by atoms with Crippen molar-refractivity contribution in [3.05, 3.63) is 23.3 Å². The number of methoxy groups -OCH3 is 2. The third kappa shape index (κ3) is 3.35. The molecular weight excluding hydrogens is 220 g/mol. The average Bonchev–Trinajstić information content (AvgIpc) is 2.31. The maximum absolute atomic E-state index is 11.5. The van der Waals surface area contributed by atoms with Crippen molar-refractivity contribution in [2.24, 2.45) is 0 Å². The van der Waals surface area contributed by atoms with Crippen LogP contribution in [-0.4, -0.2) is 27.2 Å². The van der Waals surface area contributed by atoms with Gasteiger partial charge in [-0.25, -0.2) is 5.43 Å². The van der Waals surface area contributed by atoms with Gasteiger partial charge >= 0.3 is 0 Å². The highest BCUT2D eigenvalue weighted by Gasteiger charge is 2.12. The molecule has 0 aliphatic carbocycles. The van der Waals surface area contributed by atoms with Crippen molar-refractivity contribution in [2.45, 2.75) is 13.3 Å². The maximum Gasteiger partial charge on any atom is 0.238 e. The van der Waals surface area contributed by atoms with Gasteiger partial charge in [-0.3, -0.25) is 10.2 Å². The van der Waals surface area contributed by atoms with Gasteiger partial charge in [0, 0.05) is 18.7 Å². The smallest absolute Gasteiger partial charge is 0.238 e.